The van der Waals surface area contributed by atoms with E-state index in [0.29, 0.717) is 0 Å². The molecule has 0 aliphatic heterocycles. The van der Waals surface area contributed by atoms with Crippen LogP contribution in [-0.4, -0.2) is 10.9 Å². The van der Waals surface area contributed by atoms with Crippen molar-refractivity contribution in [3.63, 3.8) is 0 Å². The van der Waals surface area contributed by atoms with Crippen molar-refractivity contribution in [2.24, 2.45) is 11.1 Å². The first-order valence-corrected chi connectivity index (χ1v) is 5.59. The van der Waals surface area contributed by atoms with Crippen LogP contribution in [0.4, 0.5) is 10.1 Å². The third-order valence-electron chi connectivity index (χ3n) is 2.30. The number of anilines is 1. The van der Waals surface area contributed by atoms with Crippen LogP contribution < -0.4 is 11.1 Å². The lowest BCUT2D eigenvalue weighted by Gasteiger charge is -2.21. The molecule has 17 heavy (non-hydrogen) atoms. The highest BCUT2D eigenvalue weighted by atomic mass is 35.5. The average molecular weight is 275 g/mol. The predicted octanol–water partition coefficient (Wildman–Crippen LogP) is 2.73. The van der Waals surface area contributed by atoms with Crippen LogP contribution in [0.5, 0.6) is 0 Å². The molecular weight excluding hydrogens is 263 g/mol. The van der Waals surface area contributed by atoms with Gasteiger partial charge in [0.15, 0.2) is 0 Å². The number of carbonyl (C=O) groups excluding carboxylic acids is 1. The Hall–Kier alpha value is -1.20. The minimum absolute atomic E-state index is 0.0671. The van der Waals surface area contributed by atoms with Gasteiger partial charge >= 0.3 is 0 Å². The summed E-state index contributed by atoms with van der Waals surface area (Å²) in [5.74, 6) is -0.937. The van der Waals surface area contributed by atoms with Crippen molar-refractivity contribution < 1.29 is 9.18 Å². The Morgan fingerprint density at radius 2 is 2.06 bits per heavy atom. The van der Waals surface area contributed by atoms with Crippen LogP contribution in [0.3, 0.4) is 0 Å². The molecule has 0 saturated carbocycles. The molecule has 0 spiro atoms. The monoisotopic (exact) mass is 274 g/mol. The van der Waals surface area contributed by atoms with Gasteiger partial charge in [0.2, 0.25) is 5.91 Å². The van der Waals surface area contributed by atoms with Gasteiger partial charge < -0.3 is 11.1 Å². The van der Waals surface area contributed by atoms with Gasteiger partial charge in [-0.3, -0.25) is 4.79 Å². The van der Waals surface area contributed by atoms with Crippen LogP contribution in [0.15, 0.2) is 18.2 Å². The fourth-order valence-electron chi connectivity index (χ4n) is 1.03. The van der Waals surface area contributed by atoms with Crippen LogP contribution in [-0.2, 0) is 4.79 Å². The van der Waals surface area contributed by atoms with Crippen molar-refractivity contribution in [2.45, 2.75) is 13.8 Å². The molecule has 3 nitrogen and oxygen atoms in total. The maximum atomic E-state index is 13.0. The number of hydrogen-bond donors (Lipinski definition) is 2. The van der Waals surface area contributed by atoms with Crippen LogP contribution >= 0.6 is 23.8 Å². The molecule has 0 radical (unpaired) electrons. The fourth-order valence-corrected chi connectivity index (χ4v) is 1.34. The Kier molecular flexibility index (Phi) is 4.06. The summed E-state index contributed by atoms with van der Waals surface area (Å²) in [6.45, 7) is 3.18. The molecule has 0 aliphatic carbocycles. The lowest BCUT2D eigenvalue weighted by Crippen LogP contribution is -2.41. The van der Waals surface area contributed by atoms with Crippen molar-refractivity contribution in [3.8, 4) is 0 Å². The zero-order valence-electron chi connectivity index (χ0n) is 9.38. The smallest absolute Gasteiger partial charge is 0.236 e. The molecule has 1 amide bonds. The summed E-state index contributed by atoms with van der Waals surface area (Å²) < 4.78 is 13.0. The number of halogens is 2. The Balaban J connectivity index is 2.92. The van der Waals surface area contributed by atoms with Gasteiger partial charge in [0.1, 0.15) is 5.82 Å². The number of amides is 1. The van der Waals surface area contributed by atoms with Crippen molar-refractivity contribution in [3.05, 3.63) is 29.0 Å². The second-order valence-electron chi connectivity index (χ2n) is 4.10. The van der Waals surface area contributed by atoms with Crippen molar-refractivity contribution in [2.75, 3.05) is 5.32 Å². The molecule has 1 aromatic carbocycles. The molecule has 0 unspecified atom stereocenters. The zero-order chi connectivity index (χ0) is 13.2. The molecule has 0 aromatic heterocycles. The van der Waals surface area contributed by atoms with E-state index in [-0.39, 0.29) is 15.7 Å². The molecule has 0 bridgehead atoms. The Morgan fingerprint density at radius 3 is 2.53 bits per heavy atom. The second kappa shape index (κ2) is 4.98. The summed E-state index contributed by atoms with van der Waals surface area (Å²) in [5, 5.41) is 2.72. The summed E-state index contributed by atoms with van der Waals surface area (Å²) >= 11 is 10.5. The van der Waals surface area contributed by atoms with E-state index < -0.39 is 17.1 Å². The number of nitrogens with two attached hydrogens (primary N) is 1. The van der Waals surface area contributed by atoms with Gasteiger partial charge in [0.25, 0.3) is 0 Å². The normalized spacial score (nSPS) is 11.1. The SMILES string of the molecule is CC(C)(C(=O)Nc1cc(F)cc(Cl)c1)C(N)=S. The Bertz CT molecular complexity index is 456. The summed E-state index contributed by atoms with van der Waals surface area (Å²) in [7, 11) is 0. The van der Waals surface area contributed by atoms with Crippen molar-refractivity contribution >= 4 is 40.4 Å². The highest BCUT2D eigenvalue weighted by molar-refractivity contribution is 7.80. The molecule has 0 fully saturated rings. The summed E-state index contributed by atoms with van der Waals surface area (Å²) in [6.07, 6.45) is 0. The maximum absolute atomic E-state index is 13.0. The molecule has 6 heteroatoms. The maximum Gasteiger partial charge on any atom is 0.236 e. The number of thiocarbonyl (C=S) groups is 1. The van der Waals surface area contributed by atoms with E-state index in [1.807, 2.05) is 0 Å². The number of nitrogens with one attached hydrogen (secondary N) is 1. The lowest BCUT2D eigenvalue weighted by molar-refractivity contribution is -0.121. The number of carbonyl (C=O) groups is 1. The van der Waals surface area contributed by atoms with E-state index in [9.17, 15) is 9.18 Å². The quantitative estimate of drug-likeness (QED) is 0.834. The third-order valence-corrected chi connectivity index (χ3v) is 3.03. The van der Waals surface area contributed by atoms with Crippen LogP contribution in [0.1, 0.15) is 13.8 Å². The minimum Gasteiger partial charge on any atom is -0.392 e. The lowest BCUT2D eigenvalue weighted by atomic mass is 9.92. The van der Waals surface area contributed by atoms with Gasteiger partial charge in [-0.1, -0.05) is 23.8 Å². The van der Waals surface area contributed by atoms with Crippen LogP contribution in [0, 0.1) is 11.2 Å². The van der Waals surface area contributed by atoms with Gasteiger partial charge in [-0.2, -0.15) is 0 Å². The van der Waals surface area contributed by atoms with Crippen LogP contribution in [0.25, 0.3) is 0 Å². The molecular formula is C11H12ClFN2OS. The highest BCUT2D eigenvalue weighted by Gasteiger charge is 2.30. The van der Waals surface area contributed by atoms with E-state index in [2.05, 4.69) is 5.32 Å². The summed E-state index contributed by atoms with van der Waals surface area (Å²) in [5.41, 5.74) is 4.72. The average Bonchev–Trinajstić information content (AvgIpc) is 2.15. The van der Waals surface area contributed by atoms with E-state index in [1.54, 1.807) is 13.8 Å². The topological polar surface area (TPSA) is 55.1 Å². The molecule has 0 atom stereocenters. The largest absolute Gasteiger partial charge is 0.392 e. The highest BCUT2D eigenvalue weighted by Crippen LogP contribution is 2.22. The van der Waals surface area contributed by atoms with Crippen LogP contribution in [0.2, 0.25) is 5.02 Å². The van der Waals surface area contributed by atoms with E-state index in [1.165, 1.54) is 12.1 Å². The van der Waals surface area contributed by atoms with Crippen molar-refractivity contribution in [1.29, 1.82) is 0 Å². The minimum atomic E-state index is -1.01. The number of hydrogen-bond acceptors (Lipinski definition) is 2. The number of rotatable bonds is 3. The summed E-state index contributed by atoms with van der Waals surface area (Å²) in [6, 6.07) is 3.76. The first-order chi connectivity index (χ1) is 7.73. The van der Waals surface area contributed by atoms with Gasteiger partial charge in [-0.25, -0.2) is 4.39 Å². The van der Waals surface area contributed by atoms with E-state index in [0.717, 1.165) is 6.07 Å². The standard InChI is InChI=1S/C11H12ClFN2OS/c1-11(2,9(14)17)10(16)15-8-4-6(12)3-7(13)5-8/h3-5H,1-2H3,(H2,14,17)(H,15,16). The zero-order valence-corrected chi connectivity index (χ0v) is 11.0. The molecule has 1 aromatic rings. The van der Waals surface area contributed by atoms with Gasteiger partial charge in [0.05, 0.1) is 10.4 Å². The first kappa shape index (κ1) is 13.9. The fraction of sp³-hybridized carbons (Fsp3) is 0.273. The first-order valence-electron chi connectivity index (χ1n) is 4.81. The Morgan fingerprint density at radius 1 is 1.47 bits per heavy atom. The van der Waals surface area contributed by atoms with Gasteiger partial charge in [0, 0.05) is 10.7 Å². The van der Waals surface area contributed by atoms with E-state index >= 15 is 0 Å². The number of benzene rings is 1. The van der Waals surface area contributed by atoms with E-state index in [4.69, 9.17) is 29.6 Å². The molecule has 0 saturated heterocycles. The molecule has 1 rings (SSSR count). The predicted molar refractivity (Wildman–Crippen MR) is 70.6 cm³/mol. The van der Waals surface area contributed by atoms with Crippen molar-refractivity contribution in [1.82, 2.24) is 0 Å². The summed E-state index contributed by atoms with van der Waals surface area (Å²) in [4.78, 5) is 11.9. The third kappa shape index (κ3) is 3.38. The molecule has 92 valence electrons. The Labute approximate surface area is 109 Å². The second-order valence-corrected chi connectivity index (χ2v) is 4.98. The molecule has 0 heterocycles. The van der Waals surface area contributed by atoms with Gasteiger partial charge in [-0.05, 0) is 32.0 Å². The van der Waals surface area contributed by atoms with Gasteiger partial charge in [-0.15, -0.1) is 0 Å². The molecule has 0 aliphatic rings. The molecule has 3 N–H and O–H groups in total.